The van der Waals surface area contributed by atoms with Gasteiger partial charge in [0, 0.05) is 13.1 Å². The fourth-order valence-electron chi connectivity index (χ4n) is 2.36. The van der Waals surface area contributed by atoms with Crippen LogP contribution in [0.4, 0.5) is 9.52 Å². The topological polar surface area (TPSA) is 101 Å². The van der Waals surface area contributed by atoms with Crippen molar-refractivity contribution in [1.29, 1.82) is 0 Å². The van der Waals surface area contributed by atoms with Crippen molar-refractivity contribution in [1.82, 2.24) is 15.2 Å². The number of thiazole rings is 1. The first-order valence-corrected chi connectivity index (χ1v) is 10.5. The maximum atomic E-state index is 13.2. The molecule has 1 aliphatic heterocycles. The number of morpholine rings is 1. The maximum Gasteiger partial charge on any atom is 0.278 e. The third-order valence-electron chi connectivity index (χ3n) is 3.77. The first-order chi connectivity index (χ1) is 12.8. The standard InChI is InChI=1S/C15H16ClFN4O4S2/c1-9-13(26-15(18-9)21-4-6-25-7-5-21)14(22)19-20-27(23,24)10-2-3-12(17)11(16)8-10/h2-3,8,20H,4-7H2,1H3,(H,19,22). The molecule has 1 aromatic carbocycles. The van der Waals surface area contributed by atoms with Crippen molar-refractivity contribution in [2.75, 3.05) is 31.2 Å². The predicted octanol–water partition coefficient (Wildman–Crippen LogP) is 1.70. The Morgan fingerprint density at radius 3 is 2.74 bits per heavy atom. The number of amides is 1. The number of carbonyl (C=O) groups is 1. The first kappa shape index (κ1) is 20.0. The van der Waals surface area contributed by atoms with Crippen LogP contribution in [-0.2, 0) is 14.8 Å². The molecule has 2 N–H and O–H groups in total. The molecule has 1 aliphatic rings. The monoisotopic (exact) mass is 434 g/mol. The molecular formula is C15H16ClFN4O4S2. The van der Waals surface area contributed by atoms with E-state index < -0.39 is 21.7 Å². The van der Waals surface area contributed by atoms with Crippen LogP contribution >= 0.6 is 22.9 Å². The van der Waals surface area contributed by atoms with E-state index in [2.05, 4.69) is 10.4 Å². The van der Waals surface area contributed by atoms with Crippen molar-refractivity contribution in [3.8, 4) is 0 Å². The van der Waals surface area contributed by atoms with E-state index in [4.69, 9.17) is 16.3 Å². The van der Waals surface area contributed by atoms with E-state index in [9.17, 15) is 17.6 Å². The van der Waals surface area contributed by atoms with E-state index in [1.807, 2.05) is 9.73 Å². The van der Waals surface area contributed by atoms with Gasteiger partial charge in [0.05, 0.1) is 28.8 Å². The van der Waals surface area contributed by atoms with Gasteiger partial charge in [-0.15, -0.1) is 4.83 Å². The molecule has 2 aromatic rings. The largest absolute Gasteiger partial charge is 0.378 e. The SMILES string of the molecule is Cc1nc(N2CCOCC2)sc1C(=O)NNS(=O)(=O)c1ccc(F)c(Cl)c1. The number of nitrogens with zero attached hydrogens (tertiary/aromatic N) is 2. The summed E-state index contributed by atoms with van der Waals surface area (Å²) in [5, 5.41) is 0.340. The predicted molar refractivity (Wildman–Crippen MR) is 99.1 cm³/mol. The van der Waals surface area contributed by atoms with Gasteiger partial charge < -0.3 is 9.64 Å². The van der Waals surface area contributed by atoms with E-state index in [-0.39, 0.29) is 14.8 Å². The molecule has 1 saturated heterocycles. The first-order valence-electron chi connectivity index (χ1n) is 7.85. The van der Waals surface area contributed by atoms with Crippen LogP contribution in [0.25, 0.3) is 0 Å². The Labute approximate surface area is 164 Å². The van der Waals surface area contributed by atoms with Gasteiger partial charge in [-0.05, 0) is 25.1 Å². The quantitative estimate of drug-likeness (QED) is 0.695. The molecule has 0 unspecified atom stereocenters. The molecule has 3 rings (SSSR count). The summed E-state index contributed by atoms with van der Waals surface area (Å²) in [4.78, 5) is 20.7. The Kier molecular flexibility index (Phi) is 5.96. The van der Waals surface area contributed by atoms with E-state index in [0.717, 1.165) is 18.2 Å². The van der Waals surface area contributed by atoms with Crippen LogP contribution in [0.5, 0.6) is 0 Å². The second-order valence-electron chi connectivity index (χ2n) is 5.65. The van der Waals surface area contributed by atoms with Gasteiger partial charge in [-0.2, -0.15) is 0 Å². The van der Waals surface area contributed by atoms with Gasteiger partial charge in [-0.1, -0.05) is 22.9 Å². The summed E-state index contributed by atoms with van der Waals surface area (Å²) in [6.07, 6.45) is 0. The average Bonchev–Trinajstić information content (AvgIpc) is 3.04. The summed E-state index contributed by atoms with van der Waals surface area (Å²) in [5.74, 6) is -1.38. The molecule has 0 bridgehead atoms. The molecular weight excluding hydrogens is 419 g/mol. The summed E-state index contributed by atoms with van der Waals surface area (Å²) >= 11 is 6.77. The molecule has 1 aromatic heterocycles. The fraction of sp³-hybridized carbons (Fsp3) is 0.333. The number of aromatic nitrogens is 1. The van der Waals surface area contributed by atoms with E-state index in [1.54, 1.807) is 6.92 Å². The van der Waals surface area contributed by atoms with Crippen molar-refractivity contribution < 1.29 is 22.3 Å². The number of sulfonamides is 1. The Morgan fingerprint density at radius 2 is 2.07 bits per heavy atom. The Hall–Kier alpha value is -1.79. The van der Waals surface area contributed by atoms with Gasteiger partial charge in [-0.25, -0.2) is 17.8 Å². The number of aryl methyl sites for hydroxylation is 1. The van der Waals surface area contributed by atoms with Crippen molar-refractivity contribution in [3.63, 3.8) is 0 Å². The number of hydrazine groups is 1. The van der Waals surface area contributed by atoms with Crippen LogP contribution in [-0.4, -0.2) is 45.6 Å². The third-order valence-corrected chi connectivity index (χ3v) is 6.53. The lowest BCUT2D eigenvalue weighted by atomic mass is 10.3. The number of carbonyl (C=O) groups excluding carboxylic acids is 1. The number of hydrogen-bond acceptors (Lipinski definition) is 7. The minimum Gasteiger partial charge on any atom is -0.378 e. The van der Waals surface area contributed by atoms with Crippen molar-refractivity contribution >= 4 is 44.0 Å². The maximum absolute atomic E-state index is 13.2. The number of benzene rings is 1. The van der Waals surface area contributed by atoms with Crippen molar-refractivity contribution in [3.05, 3.63) is 39.6 Å². The van der Waals surface area contributed by atoms with Gasteiger partial charge in [0.15, 0.2) is 5.13 Å². The van der Waals surface area contributed by atoms with Crippen molar-refractivity contribution in [2.24, 2.45) is 0 Å². The van der Waals surface area contributed by atoms with Crippen LogP contribution < -0.4 is 15.2 Å². The summed E-state index contributed by atoms with van der Waals surface area (Å²) in [5.41, 5.74) is 2.63. The number of hydrogen-bond donors (Lipinski definition) is 2. The molecule has 0 atom stereocenters. The zero-order chi connectivity index (χ0) is 19.6. The normalized spacial score (nSPS) is 15.0. The summed E-state index contributed by atoms with van der Waals surface area (Å²) in [6.45, 7) is 4.18. The highest BCUT2D eigenvalue weighted by Crippen LogP contribution is 2.26. The average molecular weight is 435 g/mol. The fourth-order valence-corrected chi connectivity index (χ4v) is 4.48. The Bertz CT molecular complexity index is 961. The second kappa shape index (κ2) is 8.07. The van der Waals surface area contributed by atoms with Gasteiger partial charge in [0.1, 0.15) is 10.7 Å². The molecule has 0 spiro atoms. The van der Waals surface area contributed by atoms with Crippen LogP contribution in [0.1, 0.15) is 15.4 Å². The van der Waals surface area contributed by atoms with E-state index in [0.29, 0.717) is 37.1 Å². The number of rotatable bonds is 5. The summed E-state index contributed by atoms with van der Waals surface area (Å²) in [7, 11) is -4.10. The molecule has 0 radical (unpaired) electrons. The molecule has 0 aliphatic carbocycles. The van der Waals surface area contributed by atoms with Crippen molar-refractivity contribution in [2.45, 2.75) is 11.8 Å². The Balaban J connectivity index is 1.70. The van der Waals surface area contributed by atoms with Crippen LogP contribution in [0, 0.1) is 12.7 Å². The summed E-state index contributed by atoms with van der Waals surface area (Å²) < 4.78 is 42.9. The van der Waals surface area contributed by atoms with E-state index in [1.165, 1.54) is 11.3 Å². The molecule has 146 valence electrons. The van der Waals surface area contributed by atoms with Gasteiger partial charge in [-0.3, -0.25) is 10.2 Å². The van der Waals surface area contributed by atoms with E-state index >= 15 is 0 Å². The van der Waals surface area contributed by atoms with Gasteiger partial charge in [0.2, 0.25) is 0 Å². The number of ether oxygens (including phenoxy) is 1. The Morgan fingerprint density at radius 1 is 1.37 bits per heavy atom. The molecule has 8 nitrogen and oxygen atoms in total. The summed E-state index contributed by atoms with van der Waals surface area (Å²) in [6, 6.07) is 2.94. The highest BCUT2D eigenvalue weighted by Gasteiger charge is 2.22. The smallest absolute Gasteiger partial charge is 0.278 e. The molecule has 27 heavy (non-hydrogen) atoms. The zero-order valence-corrected chi connectivity index (χ0v) is 16.5. The zero-order valence-electron chi connectivity index (χ0n) is 14.2. The molecule has 1 fully saturated rings. The molecule has 2 heterocycles. The lowest BCUT2D eigenvalue weighted by Crippen LogP contribution is -2.41. The third kappa shape index (κ3) is 4.55. The second-order valence-corrected chi connectivity index (χ2v) is 8.71. The van der Waals surface area contributed by atoms with Crippen LogP contribution in [0.2, 0.25) is 5.02 Å². The van der Waals surface area contributed by atoms with Gasteiger partial charge in [0.25, 0.3) is 15.9 Å². The molecule has 0 saturated carbocycles. The lowest BCUT2D eigenvalue weighted by Gasteiger charge is -2.25. The number of anilines is 1. The van der Waals surface area contributed by atoms with Gasteiger partial charge >= 0.3 is 0 Å². The minimum atomic E-state index is -4.10. The molecule has 1 amide bonds. The van der Waals surface area contributed by atoms with Crippen LogP contribution in [0.15, 0.2) is 23.1 Å². The van der Waals surface area contributed by atoms with Crippen LogP contribution in [0.3, 0.4) is 0 Å². The highest BCUT2D eigenvalue weighted by molar-refractivity contribution is 7.89. The minimum absolute atomic E-state index is 0.274. The highest BCUT2D eigenvalue weighted by atomic mass is 35.5. The lowest BCUT2D eigenvalue weighted by molar-refractivity contribution is 0.0948. The molecule has 12 heteroatoms. The number of nitrogens with one attached hydrogen (secondary N) is 2. The number of halogens is 2.